The molecule has 440 valence electrons. The minimum atomic E-state index is -0.960. The van der Waals surface area contributed by atoms with Crippen molar-refractivity contribution in [2.45, 2.75) is 149 Å². The number of halogens is 3. The first-order valence-electron chi connectivity index (χ1n) is 25.8. The highest BCUT2D eigenvalue weighted by atomic mass is 79.9. The number of hydrogen-bond acceptors (Lipinski definition) is 14. The molecule has 0 aliphatic carbocycles. The lowest BCUT2D eigenvalue weighted by Crippen LogP contribution is -2.48. The molecule has 0 saturated carbocycles. The molecule has 0 aromatic heterocycles. The van der Waals surface area contributed by atoms with Crippen molar-refractivity contribution >= 4 is 107 Å². The Morgan fingerprint density at radius 1 is 0.600 bits per heavy atom. The number of aliphatic imine (C=N–C) groups is 1. The fourth-order valence-corrected chi connectivity index (χ4v) is 8.85. The maximum Gasteiger partial charge on any atom is 0.411 e. The van der Waals surface area contributed by atoms with E-state index in [0.29, 0.717) is 37.1 Å². The fraction of sp³-hybridized carbons (Fsp3) is 0.491. The molecule has 3 atom stereocenters. The molecule has 23 heteroatoms. The van der Waals surface area contributed by atoms with Crippen LogP contribution >= 0.6 is 47.8 Å². The molecule has 7 rings (SSSR count). The Hall–Kier alpha value is -6.01. The number of ether oxygens (including phenoxy) is 3. The van der Waals surface area contributed by atoms with Crippen LogP contribution in [0.5, 0.6) is 0 Å². The molecule has 0 spiro atoms. The molecule has 3 fully saturated rings. The maximum absolute atomic E-state index is 12.4. The first kappa shape index (κ1) is 70.1. The first-order valence-corrected chi connectivity index (χ1v) is 28.1. The van der Waals surface area contributed by atoms with Crippen molar-refractivity contribution in [2.24, 2.45) is 10.7 Å². The van der Waals surface area contributed by atoms with Crippen molar-refractivity contribution in [2.75, 3.05) is 32.7 Å². The highest BCUT2D eigenvalue weighted by Gasteiger charge is 2.39. The lowest BCUT2D eigenvalue weighted by Gasteiger charge is -2.28. The molecule has 4 heterocycles. The average molecular weight is 1310 g/mol. The Balaban J connectivity index is 0.000000369. The number of carbonyl (C=O) groups is 8. The van der Waals surface area contributed by atoms with Crippen LogP contribution < -0.4 is 17.2 Å². The molecule has 3 aromatic carbocycles. The van der Waals surface area contributed by atoms with E-state index in [4.69, 9.17) is 35.0 Å². The van der Waals surface area contributed by atoms with Crippen LogP contribution in [0.3, 0.4) is 0 Å². The molecule has 20 nitrogen and oxygen atoms in total. The van der Waals surface area contributed by atoms with Crippen molar-refractivity contribution in [3.8, 4) is 0 Å². The van der Waals surface area contributed by atoms with Gasteiger partial charge in [-0.2, -0.15) is 0 Å². The van der Waals surface area contributed by atoms with Crippen LogP contribution in [-0.2, 0) is 28.6 Å². The van der Waals surface area contributed by atoms with Crippen molar-refractivity contribution in [3.05, 3.63) is 109 Å². The van der Waals surface area contributed by atoms with Crippen LogP contribution in [0, 0.1) is 0 Å². The number of nitrogens with one attached hydrogen (secondary N) is 1. The molecular formula is C57H78Br3N7O13. The van der Waals surface area contributed by atoms with Crippen molar-refractivity contribution in [1.29, 1.82) is 0 Å². The minimum absolute atomic E-state index is 0. The molecular weight excluding hydrogens is 1230 g/mol. The number of amides is 4. The van der Waals surface area contributed by atoms with E-state index < -0.39 is 53.0 Å². The topological polar surface area (TPSA) is 300 Å². The lowest BCUT2D eigenvalue weighted by molar-refractivity contribution is -0.142. The number of carbonyl (C=O) groups excluding carboxylic acids is 6. The van der Waals surface area contributed by atoms with Crippen LogP contribution in [0.4, 0.5) is 14.4 Å². The summed E-state index contributed by atoms with van der Waals surface area (Å²) >= 11 is 10.0. The number of hydrogen-bond donors (Lipinski definition) is 5. The summed E-state index contributed by atoms with van der Waals surface area (Å²) in [6.07, 6.45) is 5.95. The van der Waals surface area contributed by atoms with Gasteiger partial charge in [-0.15, -0.1) is 0 Å². The third-order valence-corrected chi connectivity index (χ3v) is 13.1. The molecule has 80 heavy (non-hydrogen) atoms. The van der Waals surface area contributed by atoms with Gasteiger partial charge in [0.25, 0.3) is 5.97 Å². The molecule has 8 N–H and O–H groups in total. The predicted octanol–water partition coefficient (Wildman–Crippen LogP) is 11.5. The molecule has 4 aliphatic rings. The maximum atomic E-state index is 12.4. The van der Waals surface area contributed by atoms with Gasteiger partial charge in [-0.05, 0) is 148 Å². The first-order chi connectivity index (χ1) is 36.8. The van der Waals surface area contributed by atoms with Crippen molar-refractivity contribution in [3.63, 3.8) is 0 Å². The van der Waals surface area contributed by atoms with Gasteiger partial charge in [0.05, 0.1) is 19.1 Å². The Morgan fingerprint density at radius 3 is 1.40 bits per heavy atom. The number of carboxylic acid groups (broad SMARTS) is 2. The van der Waals surface area contributed by atoms with Crippen LogP contribution in [0.15, 0.2) is 97.4 Å². The number of ketones is 2. The second-order valence-corrected chi connectivity index (χ2v) is 24.3. The fourth-order valence-electron chi connectivity index (χ4n) is 8.06. The van der Waals surface area contributed by atoms with E-state index in [1.54, 1.807) is 77.9 Å². The molecule has 3 saturated heterocycles. The number of Topliss-reactive ketones (excluding diaryl/α,β-unsaturated/α-hetero) is 2. The summed E-state index contributed by atoms with van der Waals surface area (Å²) < 4.78 is 18.9. The van der Waals surface area contributed by atoms with Gasteiger partial charge in [-0.25, -0.2) is 19.2 Å². The van der Waals surface area contributed by atoms with Crippen LogP contribution in [0.1, 0.15) is 140 Å². The molecule has 0 radical (unpaired) electrons. The van der Waals surface area contributed by atoms with Gasteiger partial charge in [0.2, 0.25) is 5.91 Å². The van der Waals surface area contributed by atoms with Crippen molar-refractivity contribution < 1.29 is 62.8 Å². The van der Waals surface area contributed by atoms with E-state index in [-0.39, 0.29) is 48.8 Å². The molecule has 0 bridgehead atoms. The van der Waals surface area contributed by atoms with E-state index in [0.717, 1.165) is 64.7 Å². The number of aliphatic carboxylic acids is 2. The van der Waals surface area contributed by atoms with Gasteiger partial charge in [0.1, 0.15) is 28.9 Å². The standard InChI is InChI=1S/C19H23BrN2O2.C18H23BrN2O4.C10H17NO4.C8H8BrNO.C2H4O2.H3N/c1-19(2,3)24-18(23)22-10-4-5-17(22)16-11-14(12-21-16)13-6-8-15(20)9-7-13;1-18(2,3)25-17(24)21-10-4-5-14(21)16(23)20-11-15(22)12-6-8-13(19)9-7-12;1-10(2,3)15-9(14)11-6-4-5-7(11)8(12)13;9-7-3-1-6(2-4-7)8(11)5-10;1-2(3)4;/h6-9,12,17H,4-5,10-11H2,1-3H3;6-9,14H,4-5,10-11H2,1-3H3,(H,20,23);7H,4-6H2,1-3H3,(H,12,13);1-4H,5,10H2;1H3,(H,3,4);1H3/t17-;14-;7-;;;/m000.../s1. The zero-order chi connectivity index (χ0) is 59.4. The number of allylic oxidation sites excluding steroid dienone is 1. The lowest BCUT2D eigenvalue weighted by atomic mass is 9.99. The Bertz CT molecular complexity index is 2640. The average Bonchev–Trinajstić information content (AvgIpc) is 4.20. The van der Waals surface area contributed by atoms with Crippen LogP contribution in [0.2, 0.25) is 0 Å². The van der Waals surface area contributed by atoms with E-state index >= 15 is 0 Å². The molecule has 4 aliphatic heterocycles. The highest BCUT2D eigenvalue weighted by Crippen LogP contribution is 2.31. The normalized spacial score (nSPS) is 17.3. The Labute approximate surface area is 494 Å². The zero-order valence-electron chi connectivity index (χ0n) is 47.3. The monoisotopic (exact) mass is 1310 g/mol. The quantitative estimate of drug-likeness (QED) is 0.0983. The number of likely N-dealkylation sites (tertiary alicyclic amines) is 3. The van der Waals surface area contributed by atoms with E-state index in [2.05, 4.69) is 70.2 Å². The zero-order valence-corrected chi connectivity index (χ0v) is 52.1. The number of nitrogens with zero attached hydrogens (tertiary/aromatic N) is 4. The summed E-state index contributed by atoms with van der Waals surface area (Å²) in [6.45, 7) is 19.1. The summed E-state index contributed by atoms with van der Waals surface area (Å²) in [7, 11) is 0. The Morgan fingerprint density at radius 2 is 0.975 bits per heavy atom. The van der Waals surface area contributed by atoms with Gasteiger partial charge in [-0.1, -0.05) is 84.2 Å². The summed E-state index contributed by atoms with van der Waals surface area (Å²) in [6, 6.07) is 21.1. The number of nitrogens with two attached hydrogens (primary N) is 1. The van der Waals surface area contributed by atoms with Gasteiger partial charge < -0.3 is 41.6 Å². The van der Waals surface area contributed by atoms with Gasteiger partial charge >= 0.3 is 24.2 Å². The number of benzene rings is 3. The largest absolute Gasteiger partial charge is 0.481 e. The van der Waals surface area contributed by atoms with Gasteiger partial charge in [0.15, 0.2) is 11.6 Å². The number of rotatable bonds is 9. The third-order valence-electron chi connectivity index (χ3n) is 11.5. The summed E-state index contributed by atoms with van der Waals surface area (Å²) in [5.74, 6) is -2.33. The van der Waals surface area contributed by atoms with E-state index in [9.17, 15) is 33.6 Å². The highest BCUT2D eigenvalue weighted by molar-refractivity contribution is 9.11. The van der Waals surface area contributed by atoms with E-state index in [1.807, 2.05) is 56.1 Å². The van der Waals surface area contributed by atoms with E-state index in [1.165, 1.54) is 20.9 Å². The van der Waals surface area contributed by atoms with Crippen molar-refractivity contribution in [1.82, 2.24) is 26.2 Å². The predicted molar refractivity (Wildman–Crippen MR) is 317 cm³/mol. The molecule has 4 amide bonds. The second kappa shape index (κ2) is 32.4. The van der Waals surface area contributed by atoms with Crippen LogP contribution in [-0.4, -0.2) is 146 Å². The third kappa shape index (κ3) is 24.8. The summed E-state index contributed by atoms with van der Waals surface area (Å²) in [4.78, 5) is 101. The SMILES string of the molecule is CC(=O)O.CC(C)(C)OC(=O)N1CCC[C@H]1C(=O)NCC(=O)c1ccc(Br)cc1.CC(C)(C)OC(=O)N1CCC[C@H]1C(=O)O.CC(C)(C)OC(=O)N1CCC[C@H]1C1=NC=C(c2ccc(Br)cc2)C1.N.NCC(=O)c1ccc(Br)cc1. The van der Waals surface area contributed by atoms with Gasteiger partial charge in [-0.3, -0.25) is 38.9 Å². The smallest absolute Gasteiger partial charge is 0.411 e. The number of carboxylic acids is 2. The minimum Gasteiger partial charge on any atom is -0.481 e. The summed E-state index contributed by atoms with van der Waals surface area (Å²) in [5.41, 5.74) is 8.15. The molecule has 3 aromatic rings. The van der Waals surface area contributed by atoms with Crippen LogP contribution in [0.25, 0.3) is 5.57 Å². The molecule has 0 unspecified atom stereocenters. The van der Waals surface area contributed by atoms with Gasteiger partial charge in [0, 0.05) is 69.4 Å². The second-order valence-electron chi connectivity index (χ2n) is 21.6. The summed E-state index contributed by atoms with van der Waals surface area (Å²) in [5, 5.41) is 18.9. The Kier molecular flexibility index (Phi) is 28.4.